The molecule has 29 heavy (non-hydrogen) atoms. The monoisotopic (exact) mass is 417 g/mol. The molecular formula is C21H23NO6S. The number of thiophene rings is 1. The van der Waals surface area contributed by atoms with E-state index in [4.69, 9.17) is 14.2 Å². The lowest BCUT2D eigenvalue weighted by Gasteiger charge is -2.10. The Kier molecular flexibility index (Phi) is 6.53. The van der Waals surface area contributed by atoms with Gasteiger partial charge in [0.2, 0.25) is 0 Å². The number of anilines is 1. The van der Waals surface area contributed by atoms with Gasteiger partial charge in [0.15, 0.2) is 6.61 Å². The third kappa shape index (κ3) is 4.95. The number of carbonyl (C=O) groups excluding carboxylic acids is 3. The largest absolute Gasteiger partial charge is 0.491 e. The van der Waals surface area contributed by atoms with Gasteiger partial charge in [-0.1, -0.05) is 0 Å². The van der Waals surface area contributed by atoms with E-state index < -0.39 is 24.5 Å². The number of hydrogen-bond donors (Lipinski definition) is 1. The standard InChI is InChI=1S/C21H23NO6S/c1-12(2)28-14-9-7-13(8-10-14)20(24)27-11-17(23)22-19-18(21(25)26-3)15-5-4-6-16(15)29-19/h7-10,12H,4-6,11H2,1-3H3,(H,22,23). The van der Waals surface area contributed by atoms with E-state index in [0.29, 0.717) is 21.9 Å². The van der Waals surface area contributed by atoms with Gasteiger partial charge in [-0.25, -0.2) is 9.59 Å². The molecule has 1 heterocycles. The first-order valence-corrected chi connectivity index (χ1v) is 10.2. The predicted molar refractivity (Wildman–Crippen MR) is 109 cm³/mol. The topological polar surface area (TPSA) is 90.9 Å². The molecule has 0 fully saturated rings. The van der Waals surface area contributed by atoms with Crippen LogP contribution in [0, 0.1) is 0 Å². The second kappa shape index (κ2) is 9.09. The number of fused-ring (bicyclic) bond motifs is 1. The summed E-state index contributed by atoms with van der Waals surface area (Å²) in [5, 5.41) is 3.12. The Labute approximate surface area is 173 Å². The van der Waals surface area contributed by atoms with Gasteiger partial charge in [-0.2, -0.15) is 0 Å². The predicted octanol–water partition coefficient (Wildman–Crippen LogP) is 3.61. The molecule has 1 amide bonds. The number of ether oxygens (including phenoxy) is 3. The number of hydrogen-bond acceptors (Lipinski definition) is 7. The summed E-state index contributed by atoms with van der Waals surface area (Å²) in [5.74, 6) is -0.947. The van der Waals surface area contributed by atoms with Gasteiger partial charge in [0.05, 0.1) is 24.3 Å². The van der Waals surface area contributed by atoms with E-state index >= 15 is 0 Å². The second-order valence-electron chi connectivity index (χ2n) is 6.87. The number of amides is 1. The lowest BCUT2D eigenvalue weighted by molar-refractivity contribution is -0.119. The first kappa shape index (κ1) is 20.9. The molecule has 7 nitrogen and oxygen atoms in total. The fraction of sp³-hybridized carbons (Fsp3) is 0.381. The van der Waals surface area contributed by atoms with Crippen molar-refractivity contribution in [3.05, 3.63) is 45.8 Å². The number of methoxy groups -OCH3 is 1. The summed E-state index contributed by atoms with van der Waals surface area (Å²) >= 11 is 1.37. The molecule has 0 bridgehead atoms. The van der Waals surface area contributed by atoms with Crippen LogP contribution in [0.5, 0.6) is 5.75 Å². The molecule has 1 N–H and O–H groups in total. The van der Waals surface area contributed by atoms with Crippen molar-refractivity contribution in [1.82, 2.24) is 0 Å². The molecule has 2 aromatic rings. The summed E-state index contributed by atoms with van der Waals surface area (Å²) in [7, 11) is 1.31. The molecule has 0 atom stereocenters. The Morgan fingerprint density at radius 3 is 2.48 bits per heavy atom. The Morgan fingerprint density at radius 1 is 1.10 bits per heavy atom. The summed E-state index contributed by atoms with van der Waals surface area (Å²) in [4.78, 5) is 37.6. The highest BCUT2D eigenvalue weighted by Gasteiger charge is 2.28. The van der Waals surface area contributed by atoms with Crippen molar-refractivity contribution in [2.45, 2.75) is 39.2 Å². The summed E-state index contributed by atoms with van der Waals surface area (Å²) < 4.78 is 15.5. The molecule has 154 valence electrons. The molecule has 0 saturated carbocycles. The van der Waals surface area contributed by atoms with E-state index in [1.165, 1.54) is 18.4 Å². The van der Waals surface area contributed by atoms with Crippen LogP contribution in [0.25, 0.3) is 0 Å². The van der Waals surface area contributed by atoms with E-state index in [0.717, 1.165) is 29.7 Å². The maximum Gasteiger partial charge on any atom is 0.341 e. The molecule has 0 spiro atoms. The zero-order chi connectivity index (χ0) is 21.0. The Morgan fingerprint density at radius 2 is 1.83 bits per heavy atom. The third-order valence-electron chi connectivity index (χ3n) is 4.36. The van der Waals surface area contributed by atoms with E-state index in [1.54, 1.807) is 24.3 Å². The highest BCUT2D eigenvalue weighted by atomic mass is 32.1. The fourth-order valence-corrected chi connectivity index (χ4v) is 4.42. The van der Waals surface area contributed by atoms with Crippen molar-refractivity contribution in [2.24, 2.45) is 0 Å². The van der Waals surface area contributed by atoms with Gasteiger partial charge in [-0.15, -0.1) is 11.3 Å². The van der Waals surface area contributed by atoms with Crippen LogP contribution in [0.15, 0.2) is 24.3 Å². The molecule has 0 aliphatic heterocycles. The summed E-state index contributed by atoms with van der Waals surface area (Å²) in [6, 6.07) is 6.51. The number of aryl methyl sites for hydroxylation is 1. The zero-order valence-electron chi connectivity index (χ0n) is 16.6. The first-order valence-electron chi connectivity index (χ1n) is 9.35. The third-order valence-corrected chi connectivity index (χ3v) is 5.57. The van der Waals surface area contributed by atoms with Crippen LogP contribution in [0.3, 0.4) is 0 Å². The van der Waals surface area contributed by atoms with Crippen molar-refractivity contribution < 1.29 is 28.6 Å². The highest BCUT2D eigenvalue weighted by molar-refractivity contribution is 7.17. The minimum absolute atomic E-state index is 0.0324. The van der Waals surface area contributed by atoms with Crippen molar-refractivity contribution in [3.63, 3.8) is 0 Å². The summed E-state index contributed by atoms with van der Waals surface area (Å²) in [6.45, 7) is 3.37. The first-order chi connectivity index (χ1) is 13.9. The van der Waals surface area contributed by atoms with Crippen LogP contribution >= 0.6 is 11.3 Å². The van der Waals surface area contributed by atoms with Crippen LogP contribution in [0.1, 0.15) is 51.4 Å². The molecule has 1 aromatic heterocycles. The van der Waals surface area contributed by atoms with Crippen molar-refractivity contribution in [1.29, 1.82) is 0 Å². The van der Waals surface area contributed by atoms with Crippen LogP contribution in [-0.2, 0) is 27.1 Å². The maximum absolute atomic E-state index is 12.3. The van der Waals surface area contributed by atoms with Crippen LogP contribution in [-0.4, -0.2) is 37.7 Å². The maximum atomic E-state index is 12.3. The molecular weight excluding hydrogens is 394 g/mol. The average molecular weight is 417 g/mol. The average Bonchev–Trinajstić information content (AvgIpc) is 3.26. The second-order valence-corrected chi connectivity index (χ2v) is 7.97. The molecule has 3 rings (SSSR count). The van der Waals surface area contributed by atoms with Gasteiger partial charge in [0.1, 0.15) is 10.8 Å². The molecule has 1 aromatic carbocycles. The number of nitrogens with one attached hydrogen (secondary N) is 1. The number of rotatable bonds is 7. The molecule has 0 radical (unpaired) electrons. The number of benzene rings is 1. The van der Waals surface area contributed by atoms with Crippen molar-refractivity contribution >= 4 is 34.2 Å². The molecule has 1 aliphatic carbocycles. The number of esters is 2. The lowest BCUT2D eigenvalue weighted by Crippen LogP contribution is -2.21. The normalized spacial score (nSPS) is 12.4. The van der Waals surface area contributed by atoms with E-state index in [1.807, 2.05) is 13.8 Å². The SMILES string of the molecule is COC(=O)c1c(NC(=O)COC(=O)c2ccc(OC(C)C)cc2)sc2c1CCC2. The van der Waals surface area contributed by atoms with Gasteiger partial charge in [0.25, 0.3) is 5.91 Å². The van der Waals surface area contributed by atoms with Gasteiger partial charge >= 0.3 is 11.9 Å². The Balaban J connectivity index is 1.59. The zero-order valence-corrected chi connectivity index (χ0v) is 17.4. The minimum Gasteiger partial charge on any atom is -0.491 e. The van der Waals surface area contributed by atoms with Crippen molar-refractivity contribution in [3.8, 4) is 5.75 Å². The van der Waals surface area contributed by atoms with E-state index in [-0.39, 0.29) is 6.10 Å². The molecule has 0 unspecified atom stereocenters. The Hall–Kier alpha value is -2.87. The smallest absolute Gasteiger partial charge is 0.341 e. The van der Waals surface area contributed by atoms with Gasteiger partial charge in [-0.3, -0.25) is 4.79 Å². The Bertz CT molecular complexity index is 916. The summed E-state index contributed by atoms with van der Waals surface area (Å²) in [6.07, 6.45) is 2.69. The lowest BCUT2D eigenvalue weighted by atomic mass is 10.1. The van der Waals surface area contributed by atoms with Gasteiger partial charge in [0, 0.05) is 4.88 Å². The minimum atomic E-state index is -0.613. The van der Waals surface area contributed by atoms with Gasteiger partial charge in [-0.05, 0) is 62.9 Å². The molecule has 0 saturated heterocycles. The quantitative estimate of drug-likeness (QED) is 0.692. The van der Waals surface area contributed by atoms with Crippen LogP contribution < -0.4 is 10.1 Å². The molecule has 8 heteroatoms. The van der Waals surface area contributed by atoms with E-state index in [9.17, 15) is 14.4 Å². The van der Waals surface area contributed by atoms with Crippen LogP contribution in [0.2, 0.25) is 0 Å². The fourth-order valence-electron chi connectivity index (χ4n) is 3.13. The van der Waals surface area contributed by atoms with Crippen molar-refractivity contribution in [2.75, 3.05) is 19.0 Å². The molecule has 1 aliphatic rings. The van der Waals surface area contributed by atoms with Gasteiger partial charge < -0.3 is 19.5 Å². The highest BCUT2D eigenvalue weighted by Crippen LogP contribution is 2.39. The van der Waals surface area contributed by atoms with E-state index in [2.05, 4.69) is 5.32 Å². The summed E-state index contributed by atoms with van der Waals surface area (Å²) in [5.41, 5.74) is 1.67. The number of carbonyl (C=O) groups is 3. The van der Waals surface area contributed by atoms with Crippen LogP contribution in [0.4, 0.5) is 5.00 Å².